The van der Waals surface area contributed by atoms with Gasteiger partial charge in [0.15, 0.2) is 11.5 Å². The van der Waals surface area contributed by atoms with Crippen LogP contribution >= 0.6 is 0 Å². The Morgan fingerprint density at radius 3 is 2.38 bits per heavy atom. The van der Waals surface area contributed by atoms with Gasteiger partial charge in [-0.2, -0.15) is 0 Å². The lowest BCUT2D eigenvalue weighted by Gasteiger charge is -2.12. The number of sulfonamides is 1. The van der Waals surface area contributed by atoms with Crippen LogP contribution in [-0.4, -0.2) is 22.1 Å². The van der Waals surface area contributed by atoms with Gasteiger partial charge in [0, 0.05) is 6.07 Å². The van der Waals surface area contributed by atoms with Crippen molar-refractivity contribution in [1.29, 1.82) is 0 Å². The van der Waals surface area contributed by atoms with Gasteiger partial charge in [-0.25, -0.2) is 8.42 Å². The van der Waals surface area contributed by atoms with Crippen molar-refractivity contribution in [1.82, 2.24) is 0 Å². The first-order chi connectivity index (χ1) is 10.1. The molecule has 0 heterocycles. The molecule has 0 spiro atoms. The lowest BCUT2D eigenvalue weighted by Crippen LogP contribution is -2.12. The van der Waals surface area contributed by atoms with E-state index in [1.54, 1.807) is 36.4 Å². The lowest BCUT2D eigenvalue weighted by atomic mass is 10.3. The first kappa shape index (κ1) is 15.2. The summed E-state index contributed by atoms with van der Waals surface area (Å²) in [4.78, 5) is 0.207. The molecule has 112 valence electrons. The van der Waals surface area contributed by atoms with E-state index in [-0.39, 0.29) is 4.90 Å². The molecule has 2 aromatic rings. The maximum Gasteiger partial charge on any atom is 0.261 e. The SMILES string of the molecule is CCOc1cc(NS(=O)(=O)c2ccccc2)ccc1OC. The van der Waals surface area contributed by atoms with Crippen LogP contribution in [0.2, 0.25) is 0 Å². The van der Waals surface area contributed by atoms with Crippen LogP contribution < -0.4 is 14.2 Å². The van der Waals surface area contributed by atoms with Crippen LogP contribution in [0.4, 0.5) is 5.69 Å². The predicted octanol–water partition coefficient (Wildman–Crippen LogP) is 2.89. The fraction of sp³-hybridized carbons (Fsp3) is 0.200. The Morgan fingerprint density at radius 1 is 1.05 bits per heavy atom. The minimum absolute atomic E-state index is 0.207. The minimum Gasteiger partial charge on any atom is -0.493 e. The van der Waals surface area contributed by atoms with E-state index < -0.39 is 10.0 Å². The van der Waals surface area contributed by atoms with Crippen molar-refractivity contribution in [2.24, 2.45) is 0 Å². The number of ether oxygens (including phenoxy) is 2. The Morgan fingerprint density at radius 2 is 1.76 bits per heavy atom. The van der Waals surface area contributed by atoms with Crippen LogP contribution in [0.15, 0.2) is 53.4 Å². The Balaban J connectivity index is 2.29. The normalized spacial score (nSPS) is 11.0. The van der Waals surface area contributed by atoms with E-state index in [2.05, 4.69) is 4.72 Å². The molecule has 5 nitrogen and oxygen atoms in total. The smallest absolute Gasteiger partial charge is 0.261 e. The van der Waals surface area contributed by atoms with Gasteiger partial charge in [-0.3, -0.25) is 4.72 Å². The molecule has 0 fully saturated rings. The van der Waals surface area contributed by atoms with Crippen LogP contribution in [0.3, 0.4) is 0 Å². The Kier molecular flexibility index (Phi) is 4.70. The average Bonchev–Trinajstić information content (AvgIpc) is 2.48. The summed E-state index contributed by atoms with van der Waals surface area (Å²) in [6, 6.07) is 13.1. The average molecular weight is 307 g/mol. The van der Waals surface area contributed by atoms with E-state index >= 15 is 0 Å². The van der Waals surface area contributed by atoms with Gasteiger partial charge in [-0.1, -0.05) is 18.2 Å². The summed E-state index contributed by atoms with van der Waals surface area (Å²) in [5, 5.41) is 0. The van der Waals surface area contributed by atoms with E-state index in [1.807, 2.05) is 6.92 Å². The standard InChI is InChI=1S/C15H17NO4S/c1-3-20-15-11-12(9-10-14(15)19-2)16-21(17,18)13-7-5-4-6-8-13/h4-11,16H,3H2,1-2H3. The molecule has 0 aliphatic carbocycles. The fourth-order valence-corrected chi connectivity index (χ4v) is 2.89. The molecule has 0 saturated carbocycles. The second-order valence-electron chi connectivity index (χ2n) is 4.22. The Bertz CT molecular complexity index is 699. The van der Waals surface area contributed by atoms with Gasteiger partial charge in [0.2, 0.25) is 0 Å². The molecule has 0 aromatic heterocycles. The third kappa shape index (κ3) is 3.66. The second-order valence-corrected chi connectivity index (χ2v) is 5.90. The summed E-state index contributed by atoms with van der Waals surface area (Å²) >= 11 is 0. The summed E-state index contributed by atoms with van der Waals surface area (Å²) in [6.45, 7) is 2.31. The largest absolute Gasteiger partial charge is 0.493 e. The number of hydrogen-bond acceptors (Lipinski definition) is 4. The summed E-state index contributed by atoms with van der Waals surface area (Å²) in [6.07, 6.45) is 0. The second kappa shape index (κ2) is 6.49. The van der Waals surface area contributed by atoms with Crippen molar-refractivity contribution in [3.8, 4) is 11.5 Å². The highest BCUT2D eigenvalue weighted by molar-refractivity contribution is 7.92. The monoisotopic (exact) mass is 307 g/mol. The van der Waals surface area contributed by atoms with Crippen molar-refractivity contribution < 1.29 is 17.9 Å². The van der Waals surface area contributed by atoms with E-state index in [0.717, 1.165) is 0 Å². The fourth-order valence-electron chi connectivity index (χ4n) is 1.82. The molecule has 0 atom stereocenters. The molecule has 0 bridgehead atoms. The van der Waals surface area contributed by atoms with E-state index in [1.165, 1.54) is 19.2 Å². The third-order valence-electron chi connectivity index (χ3n) is 2.77. The number of benzene rings is 2. The zero-order valence-corrected chi connectivity index (χ0v) is 12.7. The first-order valence-corrected chi connectivity index (χ1v) is 7.94. The van der Waals surface area contributed by atoms with Crippen LogP contribution in [0.25, 0.3) is 0 Å². The Labute approximate surface area is 124 Å². The van der Waals surface area contributed by atoms with Crippen molar-refractivity contribution in [3.63, 3.8) is 0 Å². The molecule has 0 saturated heterocycles. The lowest BCUT2D eigenvalue weighted by molar-refractivity contribution is 0.311. The van der Waals surface area contributed by atoms with Crippen molar-refractivity contribution in [2.45, 2.75) is 11.8 Å². The number of rotatable bonds is 6. The van der Waals surface area contributed by atoms with Gasteiger partial charge in [0.25, 0.3) is 10.0 Å². The number of hydrogen-bond donors (Lipinski definition) is 1. The van der Waals surface area contributed by atoms with E-state index in [9.17, 15) is 8.42 Å². The minimum atomic E-state index is -3.61. The predicted molar refractivity (Wildman–Crippen MR) is 81.4 cm³/mol. The summed E-state index contributed by atoms with van der Waals surface area (Å²) < 4.78 is 37.6. The molecule has 2 aromatic carbocycles. The molecule has 6 heteroatoms. The first-order valence-electron chi connectivity index (χ1n) is 6.45. The molecule has 2 rings (SSSR count). The summed E-state index contributed by atoms with van der Waals surface area (Å²) in [5.41, 5.74) is 0.420. The van der Waals surface area contributed by atoms with E-state index in [4.69, 9.17) is 9.47 Å². The number of anilines is 1. The highest BCUT2D eigenvalue weighted by Gasteiger charge is 2.14. The van der Waals surface area contributed by atoms with Crippen LogP contribution in [0.5, 0.6) is 11.5 Å². The van der Waals surface area contributed by atoms with Gasteiger partial charge in [0.1, 0.15) is 0 Å². The van der Waals surface area contributed by atoms with Gasteiger partial charge in [0.05, 0.1) is 24.3 Å². The Hall–Kier alpha value is -2.21. The summed E-state index contributed by atoms with van der Waals surface area (Å²) in [5.74, 6) is 1.05. The van der Waals surface area contributed by atoms with Gasteiger partial charge >= 0.3 is 0 Å². The van der Waals surface area contributed by atoms with Gasteiger partial charge < -0.3 is 9.47 Å². The molecular weight excluding hydrogens is 290 g/mol. The van der Waals surface area contributed by atoms with Gasteiger partial charge in [-0.15, -0.1) is 0 Å². The highest BCUT2D eigenvalue weighted by atomic mass is 32.2. The summed E-state index contributed by atoms with van der Waals surface area (Å²) in [7, 11) is -2.08. The quantitative estimate of drug-likeness (QED) is 0.891. The maximum atomic E-state index is 12.2. The molecule has 0 unspecified atom stereocenters. The van der Waals surface area contributed by atoms with Crippen LogP contribution in [-0.2, 0) is 10.0 Å². The zero-order chi connectivity index (χ0) is 15.3. The molecule has 0 radical (unpaired) electrons. The van der Waals surface area contributed by atoms with E-state index in [0.29, 0.717) is 23.8 Å². The topological polar surface area (TPSA) is 64.6 Å². The van der Waals surface area contributed by atoms with Crippen LogP contribution in [0, 0.1) is 0 Å². The molecule has 21 heavy (non-hydrogen) atoms. The highest BCUT2D eigenvalue weighted by Crippen LogP contribution is 2.31. The molecular formula is C15H17NO4S. The number of methoxy groups -OCH3 is 1. The molecule has 1 N–H and O–H groups in total. The van der Waals surface area contributed by atoms with Crippen molar-refractivity contribution >= 4 is 15.7 Å². The molecule has 0 amide bonds. The zero-order valence-electron chi connectivity index (χ0n) is 11.9. The van der Waals surface area contributed by atoms with Crippen molar-refractivity contribution in [2.75, 3.05) is 18.4 Å². The van der Waals surface area contributed by atoms with Crippen LogP contribution in [0.1, 0.15) is 6.92 Å². The van der Waals surface area contributed by atoms with Gasteiger partial charge in [-0.05, 0) is 31.2 Å². The molecule has 0 aliphatic heterocycles. The third-order valence-corrected chi connectivity index (χ3v) is 4.17. The number of nitrogens with one attached hydrogen (secondary N) is 1. The maximum absolute atomic E-state index is 12.2. The molecule has 0 aliphatic rings. The van der Waals surface area contributed by atoms with Crippen molar-refractivity contribution in [3.05, 3.63) is 48.5 Å².